The summed E-state index contributed by atoms with van der Waals surface area (Å²) in [7, 11) is 0. The van der Waals surface area contributed by atoms with Gasteiger partial charge in [-0.1, -0.05) is 0 Å². The Morgan fingerprint density at radius 1 is 1.50 bits per heavy atom. The average Bonchev–Trinajstić information content (AvgIpc) is 2.35. The zero-order valence-electron chi connectivity index (χ0n) is 7.30. The monoisotopic (exact) mass is 170 g/mol. The summed E-state index contributed by atoms with van der Waals surface area (Å²) >= 11 is 0. The first kappa shape index (κ1) is 9.26. The molecule has 3 heteroatoms. The van der Waals surface area contributed by atoms with Gasteiger partial charge in [-0.2, -0.15) is 0 Å². The molecule has 1 N–H and O–H groups in total. The van der Waals surface area contributed by atoms with Crippen LogP contribution in [0.3, 0.4) is 0 Å². The molecule has 0 saturated carbocycles. The normalized spacial score (nSPS) is 17.3. The van der Waals surface area contributed by atoms with Crippen molar-refractivity contribution in [3.8, 4) is 0 Å². The van der Waals surface area contributed by atoms with E-state index in [0.29, 0.717) is 25.2 Å². The van der Waals surface area contributed by atoms with Gasteiger partial charge in [-0.25, -0.2) is 0 Å². The zero-order valence-corrected chi connectivity index (χ0v) is 7.30. The van der Waals surface area contributed by atoms with Gasteiger partial charge in [0.05, 0.1) is 6.61 Å². The van der Waals surface area contributed by atoms with Crippen LogP contribution in [0.15, 0.2) is 11.3 Å². The molecule has 0 aliphatic heterocycles. The van der Waals surface area contributed by atoms with Crippen LogP contribution in [-0.4, -0.2) is 24.1 Å². The molecule has 1 rings (SSSR count). The number of carbonyl (C=O) groups excluding carboxylic acids is 1. The van der Waals surface area contributed by atoms with E-state index in [1.54, 1.807) is 0 Å². The third kappa shape index (κ3) is 2.08. The summed E-state index contributed by atoms with van der Waals surface area (Å²) in [6.07, 6.45) is 2.00. The molecule has 0 aromatic heterocycles. The minimum atomic E-state index is 0.102. The fraction of sp³-hybridized carbons (Fsp3) is 0.667. The van der Waals surface area contributed by atoms with E-state index in [-0.39, 0.29) is 12.4 Å². The summed E-state index contributed by atoms with van der Waals surface area (Å²) in [5.41, 5.74) is 1.04. The fourth-order valence-corrected chi connectivity index (χ4v) is 1.21. The van der Waals surface area contributed by atoms with Gasteiger partial charge in [0.15, 0.2) is 11.5 Å². The number of hydrogen-bond donors (Lipinski definition) is 1. The summed E-state index contributed by atoms with van der Waals surface area (Å²) < 4.78 is 5.24. The molecule has 0 atom stereocenters. The second-order valence-electron chi connectivity index (χ2n) is 2.96. The van der Waals surface area contributed by atoms with Crippen molar-refractivity contribution in [2.24, 2.45) is 0 Å². The standard InChI is InChI=1S/C9H14O3/c1-7-3-4-8(11)9(7)12-6-2-5-10/h10H,2-6H2,1H3. The zero-order chi connectivity index (χ0) is 8.97. The van der Waals surface area contributed by atoms with E-state index in [1.807, 2.05) is 6.92 Å². The van der Waals surface area contributed by atoms with E-state index in [9.17, 15) is 4.79 Å². The molecule has 12 heavy (non-hydrogen) atoms. The third-order valence-electron chi connectivity index (χ3n) is 1.92. The Hall–Kier alpha value is -0.830. The molecular formula is C9H14O3. The largest absolute Gasteiger partial charge is 0.490 e. The van der Waals surface area contributed by atoms with Crippen LogP contribution in [0.1, 0.15) is 26.2 Å². The number of ether oxygens (including phenoxy) is 1. The predicted octanol–water partition coefficient (Wildman–Crippen LogP) is 1.02. The Morgan fingerprint density at radius 2 is 2.25 bits per heavy atom. The predicted molar refractivity (Wildman–Crippen MR) is 44.6 cm³/mol. The highest BCUT2D eigenvalue weighted by Crippen LogP contribution is 2.22. The fourth-order valence-electron chi connectivity index (χ4n) is 1.21. The van der Waals surface area contributed by atoms with Crippen LogP contribution in [0.5, 0.6) is 0 Å². The number of allylic oxidation sites excluding steroid dienone is 2. The highest BCUT2D eigenvalue weighted by atomic mass is 16.5. The first-order valence-electron chi connectivity index (χ1n) is 4.22. The average molecular weight is 170 g/mol. The summed E-state index contributed by atoms with van der Waals surface area (Å²) in [6, 6.07) is 0. The van der Waals surface area contributed by atoms with E-state index in [4.69, 9.17) is 9.84 Å². The molecule has 1 aliphatic rings. The van der Waals surface area contributed by atoms with Gasteiger partial charge in [0, 0.05) is 19.4 Å². The van der Waals surface area contributed by atoms with Crippen molar-refractivity contribution in [1.82, 2.24) is 0 Å². The van der Waals surface area contributed by atoms with Crippen molar-refractivity contribution in [3.63, 3.8) is 0 Å². The van der Waals surface area contributed by atoms with Gasteiger partial charge in [0.1, 0.15) is 0 Å². The summed E-state index contributed by atoms with van der Waals surface area (Å²) in [6.45, 7) is 2.47. The van der Waals surface area contributed by atoms with Gasteiger partial charge in [0.2, 0.25) is 0 Å². The Bertz CT molecular complexity index is 206. The molecule has 1 aliphatic carbocycles. The molecule has 0 amide bonds. The maximum Gasteiger partial charge on any atom is 0.197 e. The quantitative estimate of drug-likeness (QED) is 0.641. The second kappa shape index (κ2) is 4.26. The summed E-state index contributed by atoms with van der Waals surface area (Å²) in [4.78, 5) is 11.1. The van der Waals surface area contributed by atoms with E-state index >= 15 is 0 Å². The van der Waals surface area contributed by atoms with Crippen molar-refractivity contribution in [3.05, 3.63) is 11.3 Å². The first-order valence-corrected chi connectivity index (χ1v) is 4.22. The van der Waals surface area contributed by atoms with Crippen molar-refractivity contribution >= 4 is 5.78 Å². The van der Waals surface area contributed by atoms with Gasteiger partial charge >= 0.3 is 0 Å². The molecule has 0 saturated heterocycles. The van der Waals surface area contributed by atoms with Gasteiger partial charge < -0.3 is 9.84 Å². The Balaban J connectivity index is 2.39. The Morgan fingerprint density at radius 3 is 2.75 bits per heavy atom. The topological polar surface area (TPSA) is 46.5 Å². The van der Waals surface area contributed by atoms with E-state index in [1.165, 1.54) is 0 Å². The molecular weight excluding hydrogens is 156 g/mol. The van der Waals surface area contributed by atoms with Crippen LogP contribution in [0, 0.1) is 0 Å². The molecule has 3 nitrogen and oxygen atoms in total. The Labute approximate surface area is 72.0 Å². The lowest BCUT2D eigenvalue weighted by Gasteiger charge is -2.05. The minimum absolute atomic E-state index is 0.102. The molecule has 68 valence electrons. The van der Waals surface area contributed by atoms with Crippen LogP contribution in [0.2, 0.25) is 0 Å². The third-order valence-corrected chi connectivity index (χ3v) is 1.92. The van der Waals surface area contributed by atoms with E-state index in [2.05, 4.69) is 0 Å². The molecule has 0 unspecified atom stereocenters. The second-order valence-corrected chi connectivity index (χ2v) is 2.96. The molecule has 0 spiro atoms. The van der Waals surface area contributed by atoms with Gasteiger partial charge in [-0.15, -0.1) is 0 Å². The van der Waals surface area contributed by atoms with Gasteiger partial charge in [0.25, 0.3) is 0 Å². The van der Waals surface area contributed by atoms with E-state index < -0.39 is 0 Å². The lowest BCUT2D eigenvalue weighted by atomic mass is 10.3. The minimum Gasteiger partial charge on any atom is -0.490 e. The van der Waals surface area contributed by atoms with E-state index in [0.717, 1.165) is 12.0 Å². The number of aliphatic hydroxyl groups is 1. The summed E-state index contributed by atoms with van der Waals surface area (Å²) in [5.74, 6) is 0.633. The number of carbonyl (C=O) groups is 1. The first-order chi connectivity index (χ1) is 5.75. The molecule has 0 heterocycles. The van der Waals surface area contributed by atoms with Gasteiger partial charge in [-0.3, -0.25) is 4.79 Å². The van der Waals surface area contributed by atoms with Crippen LogP contribution in [-0.2, 0) is 9.53 Å². The van der Waals surface area contributed by atoms with Crippen LogP contribution in [0.4, 0.5) is 0 Å². The molecule has 0 bridgehead atoms. The van der Waals surface area contributed by atoms with Crippen molar-refractivity contribution in [1.29, 1.82) is 0 Å². The Kier molecular flexibility index (Phi) is 3.29. The molecule has 0 aromatic carbocycles. The molecule has 0 fully saturated rings. The van der Waals surface area contributed by atoms with Crippen LogP contribution in [0.25, 0.3) is 0 Å². The molecule has 0 radical (unpaired) electrons. The number of hydrogen-bond acceptors (Lipinski definition) is 3. The maximum atomic E-state index is 11.1. The summed E-state index contributed by atoms with van der Waals surface area (Å²) in [5, 5.41) is 8.49. The lowest BCUT2D eigenvalue weighted by Crippen LogP contribution is -2.04. The van der Waals surface area contributed by atoms with Crippen LogP contribution >= 0.6 is 0 Å². The number of aliphatic hydroxyl groups excluding tert-OH is 1. The lowest BCUT2D eigenvalue weighted by molar-refractivity contribution is -0.118. The number of rotatable bonds is 4. The van der Waals surface area contributed by atoms with Crippen molar-refractivity contribution in [2.45, 2.75) is 26.2 Å². The smallest absolute Gasteiger partial charge is 0.197 e. The SMILES string of the molecule is CC1=C(OCCCO)C(=O)CC1. The molecule has 0 aromatic rings. The van der Waals surface area contributed by atoms with Crippen LogP contribution < -0.4 is 0 Å². The highest BCUT2D eigenvalue weighted by Gasteiger charge is 2.21. The number of Topliss-reactive ketones (excluding diaryl/α,β-unsaturated/α-hetero) is 1. The van der Waals surface area contributed by atoms with Crippen molar-refractivity contribution in [2.75, 3.05) is 13.2 Å². The van der Waals surface area contributed by atoms with Crippen molar-refractivity contribution < 1.29 is 14.6 Å². The maximum absolute atomic E-state index is 11.1. The number of ketones is 1. The van der Waals surface area contributed by atoms with Gasteiger partial charge in [-0.05, 0) is 18.9 Å². The highest BCUT2D eigenvalue weighted by molar-refractivity contribution is 5.96.